The van der Waals surface area contributed by atoms with Gasteiger partial charge in [-0.15, -0.1) is 0 Å². The van der Waals surface area contributed by atoms with Crippen molar-refractivity contribution >= 4 is 6.03 Å². The second kappa shape index (κ2) is 10.7. The summed E-state index contributed by atoms with van der Waals surface area (Å²) in [5, 5.41) is 6.97. The van der Waals surface area contributed by atoms with Gasteiger partial charge in [-0.3, -0.25) is 0 Å². The topological polar surface area (TPSA) is 62.8 Å². The first kappa shape index (κ1) is 32.4. The van der Waals surface area contributed by atoms with E-state index < -0.39 is 5.79 Å². The molecule has 2 heterocycles. The van der Waals surface area contributed by atoms with Crippen LogP contribution >= 0.6 is 0 Å². The predicted molar refractivity (Wildman–Crippen MR) is 181 cm³/mol. The molecule has 7 rings (SSSR count). The zero-order valence-corrected chi connectivity index (χ0v) is 30.1. The van der Waals surface area contributed by atoms with E-state index >= 15 is 0 Å². The second-order valence-corrected chi connectivity index (χ2v) is 19.1. The van der Waals surface area contributed by atoms with Crippen LogP contribution in [0.1, 0.15) is 132 Å². The lowest BCUT2D eigenvalue weighted by molar-refractivity contribution is -0.351. The Bertz CT molecular complexity index is 1210. The van der Waals surface area contributed by atoms with Crippen molar-refractivity contribution in [2.45, 2.75) is 150 Å². The molecule has 0 bridgehead atoms. The average Bonchev–Trinajstić information content (AvgIpc) is 3.48. The smallest absolute Gasteiger partial charge is 0.315 e. The number of allylic oxidation sites excluding steroid dienone is 1. The highest BCUT2D eigenvalue weighted by Gasteiger charge is 2.70. The molecule has 6 fully saturated rings. The lowest BCUT2D eigenvalue weighted by Crippen LogP contribution is -2.69. The van der Waals surface area contributed by atoms with Crippen LogP contribution in [0.5, 0.6) is 0 Å². The van der Waals surface area contributed by atoms with Crippen LogP contribution in [0.2, 0.25) is 0 Å². The number of likely N-dealkylation sites (tertiary alicyclic amines) is 1. The number of amides is 2. The molecule has 0 aromatic heterocycles. The van der Waals surface area contributed by atoms with Gasteiger partial charge in [-0.05, 0) is 137 Å². The molecule has 2 aliphatic heterocycles. The van der Waals surface area contributed by atoms with Crippen molar-refractivity contribution in [2.24, 2.45) is 44.8 Å². The molecule has 254 valence electrons. The van der Waals surface area contributed by atoms with Gasteiger partial charge in [-0.1, -0.05) is 53.2 Å². The number of nitrogens with one attached hydrogen (secondary N) is 2. The SMILES string of the molecule is CC1(C)CC[C@]2(NC(=O)NCCN3CCCC3)CC[C@]3(C)C(=CC[C@@H]4[C@@]5(C)CC[C@@H]6OC(C)(C)OC[C@@]6(C)[C@@H]5CC[C@]43C)[C@@H]2C1. The number of rotatable bonds is 4. The van der Waals surface area contributed by atoms with Gasteiger partial charge in [-0.2, -0.15) is 0 Å². The highest BCUT2D eigenvalue weighted by Crippen LogP contribution is 2.75. The second-order valence-electron chi connectivity index (χ2n) is 19.1. The molecule has 4 saturated carbocycles. The summed E-state index contributed by atoms with van der Waals surface area (Å²) >= 11 is 0. The number of hydrogen-bond donors (Lipinski definition) is 2. The number of carbonyl (C=O) groups is 1. The van der Waals surface area contributed by atoms with Gasteiger partial charge >= 0.3 is 6.03 Å². The normalized spacial score (nSPS) is 48.5. The molecule has 6 heteroatoms. The summed E-state index contributed by atoms with van der Waals surface area (Å²) in [7, 11) is 0. The van der Waals surface area contributed by atoms with Crippen molar-refractivity contribution in [3.8, 4) is 0 Å². The van der Waals surface area contributed by atoms with Gasteiger partial charge in [0.25, 0.3) is 0 Å². The maximum Gasteiger partial charge on any atom is 0.315 e. The Morgan fingerprint density at radius 3 is 2.38 bits per heavy atom. The lowest BCUT2D eigenvalue weighted by Gasteiger charge is -2.72. The third kappa shape index (κ3) is 4.99. The number of fused-ring (bicyclic) bond motifs is 9. The molecule has 0 unspecified atom stereocenters. The summed E-state index contributed by atoms with van der Waals surface area (Å²) in [5.41, 5.74) is 2.65. The van der Waals surface area contributed by atoms with Crippen molar-refractivity contribution < 1.29 is 14.3 Å². The Morgan fingerprint density at radius 1 is 0.889 bits per heavy atom. The fourth-order valence-corrected chi connectivity index (χ4v) is 13.0. The number of urea groups is 1. The molecule has 0 aromatic carbocycles. The Balaban J connectivity index is 1.16. The summed E-state index contributed by atoms with van der Waals surface area (Å²) in [5.74, 6) is 1.23. The van der Waals surface area contributed by atoms with Crippen LogP contribution in [0.15, 0.2) is 11.6 Å². The maximum absolute atomic E-state index is 13.5. The zero-order valence-electron chi connectivity index (χ0n) is 30.1. The summed E-state index contributed by atoms with van der Waals surface area (Å²) in [6.45, 7) is 24.5. The molecule has 0 spiro atoms. The first-order valence-corrected chi connectivity index (χ1v) is 18.9. The molecule has 0 radical (unpaired) electrons. The van der Waals surface area contributed by atoms with Crippen LogP contribution in [0.4, 0.5) is 4.79 Å². The molecule has 2 N–H and O–H groups in total. The third-order valence-corrected chi connectivity index (χ3v) is 15.8. The highest BCUT2D eigenvalue weighted by molar-refractivity contribution is 5.75. The van der Waals surface area contributed by atoms with E-state index in [0.29, 0.717) is 29.3 Å². The standard InChI is InChI=1S/C39H65N3O3/c1-33(2)17-19-39(41-32(43)40-21-24-42-22-9-10-23-42)20-18-37(7)27(28(39)25-33)11-12-30-35(5)15-14-31-36(6,26-44-34(3,4)45-31)29(35)13-16-38(30,37)8/h11,28-31H,9-10,12-26H2,1-8H3,(H2,40,41,43)/t28-,29+,30+,31-,35-,36-,37+,38+,39-/m0/s1. The van der Waals surface area contributed by atoms with E-state index in [1.165, 1.54) is 70.9 Å². The van der Waals surface area contributed by atoms with Crippen LogP contribution < -0.4 is 10.6 Å². The van der Waals surface area contributed by atoms with E-state index in [9.17, 15) is 4.79 Å². The molecule has 5 aliphatic carbocycles. The number of carbonyl (C=O) groups excluding carboxylic acids is 1. The first-order chi connectivity index (χ1) is 21.1. The molecule has 2 amide bonds. The number of ether oxygens (including phenoxy) is 2. The zero-order chi connectivity index (χ0) is 32.1. The maximum atomic E-state index is 13.5. The van der Waals surface area contributed by atoms with Gasteiger partial charge in [0.1, 0.15) is 0 Å². The fraction of sp³-hybridized carbons (Fsp3) is 0.923. The van der Waals surface area contributed by atoms with Crippen molar-refractivity contribution in [2.75, 3.05) is 32.8 Å². The Labute approximate surface area is 274 Å². The summed E-state index contributed by atoms with van der Waals surface area (Å²) in [6.07, 6.45) is 17.5. The molecular formula is C39H65N3O3. The molecule has 6 nitrogen and oxygen atoms in total. The Hall–Kier alpha value is -1.11. The number of nitrogens with zero attached hydrogens (tertiary/aromatic N) is 1. The van der Waals surface area contributed by atoms with E-state index in [1.807, 2.05) is 0 Å². The monoisotopic (exact) mass is 624 g/mol. The van der Waals surface area contributed by atoms with E-state index in [4.69, 9.17) is 9.47 Å². The van der Waals surface area contributed by atoms with E-state index in [-0.39, 0.29) is 33.2 Å². The third-order valence-electron chi connectivity index (χ3n) is 15.8. The van der Waals surface area contributed by atoms with Crippen molar-refractivity contribution in [3.05, 3.63) is 11.6 Å². The van der Waals surface area contributed by atoms with Gasteiger partial charge in [0.15, 0.2) is 5.79 Å². The Kier molecular flexibility index (Phi) is 7.71. The minimum Gasteiger partial charge on any atom is -0.350 e. The van der Waals surface area contributed by atoms with Crippen molar-refractivity contribution in [1.82, 2.24) is 15.5 Å². The van der Waals surface area contributed by atoms with Crippen LogP contribution in [0.25, 0.3) is 0 Å². The quantitative estimate of drug-likeness (QED) is 0.311. The Morgan fingerprint density at radius 2 is 1.62 bits per heavy atom. The van der Waals surface area contributed by atoms with Crippen LogP contribution in [0, 0.1) is 44.8 Å². The first-order valence-electron chi connectivity index (χ1n) is 18.9. The summed E-state index contributed by atoms with van der Waals surface area (Å²) in [4.78, 5) is 16.0. The van der Waals surface area contributed by atoms with E-state index in [1.54, 1.807) is 5.57 Å². The van der Waals surface area contributed by atoms with Gasteiger partial charge in [-0.25, -0.2) is 4.79 Å². The molecule has 7 aliphatic rings. The largest absolute Gasteiger partial charge is 0.350 e. The highest BCUT2D eigenvalue weighted by atomic mass is 16.7. The average molecular weight is 624 g/mol. The van der Waals surface area contributed by atoms with Gasteiger partial charge in [0.05, 0.1) is 12.7 Å². The summed E-state index contributed by atoms with van der Waals surface area (Å²) < 4.78 is 13.0. The molecule has 2 saturated heterocycles. The van der Waals surface area contributed by atoms with Gasteiger partial charge in [0.2, 0.25) is 0 Å². The van der Waals surface area contributed by atoms with Crippen molar-refractivity contribution in [1.29, 1.82) is 0 Å². The predicted octanol–water partition coefficient (Wildman–Crippen LogP) is 8.07. The van der Waals surface area contributed by atoms with E-state index in [2.05, 4.69) is 77.0 Å². The number of hydrogen-bond acceptors (Lipinski definition) is 4. The van der Waals surface area contributed by atoms with Crippen LogP contribution in [-0.2, 0) is 9.47 Å². The minimum absolute atomic E-state index is 0.0566. The van der Waals surface area contributed by atoms with E-state index in [0.717, 1.165) is 39.0 Å². The van der Waals surface area contributed by atoms with Gasteiger partial charge < -0.3 is 25.0 Å². The minimum atomic E-state index is -0.474. The molecule has 0 aromatic rings. The van der Waals surface area contributed by atoms with Crippen LogP contribution in [-0.4, -0.2) is 61.1 Å². The van der Waals surface area contributed by atoms with Gasteiger partial charge in [0, 0.05) is 30.0 Å². The summed E-state index contributed by atoms with van der Waals surface area (Å²) in [6, 6.07) is 0.0566. The lowest BCUT2D eigenvalue weighted by atomic mass is 9.34. The molecule has 45 heavy (non-hydrogen) atoms. The fourth-order valence-electron chi connectivity index (χ4n) is 13.0. The van der Waals surface area contributed by atoms with Crippen molar-refractivity contribution in [3.63, 3.8) is 0 Å². The molecule has 9 atom stereocenters. The van der Waals surface area contributed by atoms with Crippen LogP contribution in [0.3, 0.4) is 0 Å². The molecular weight excluding hydrogens is 558 g/mol.